The van der Waals surface area contributed by atoms with E-state index in [2.05, 4.69) is 58.9 Å². The van der Waals surface area contributed by atoms with Gasteiger partial charge in [-0.25, -0.2) is 0 Å². The zero-order valence-electron chi connectivity index (χ0n) is 15.9. The Balaban J connectivity index is 3.46. The van der Waals surface area contributed by atoms with Gasteiger partial charge in [-0.05, 0) is 71.1 Å². The fourth-order valence-corrected chi connectivity index (χ4v) is 15.5. The highest BCUT2D eigenvalue weighted by atomic mass is 35.5. The first-order valence-electron chi connectivity index (χ1n) is 7.99. The van der Waals surface area contributed by atoms with Crippen molar-refractivity contribution in [3.8, 4) is 0 Å². The van der Waals surface area contributed by atoms with Gasteiger partial charge in [-0.15, -0.1) is 0 Å². The topological polar surface area (TPSA) is 27.7 Å². The molecule has 23 heavy (non-hydrogen) atoms. The van der Waals surface area contributed by atoms with E-state index in [1.165, 1.54) is 0 Å². The quantitative estimate of drug-likeness (QED) is 0.593. The molecule has 0 unspecified atom stereocenters. The first-order chi connectivity index (χ1) is 10.1. The standard InChI is InChI=1S/C15H31ClO3Si4/c1-20(2,3)17-23(18-21(4,5)6,19-22(7,8)9)15-12-10-14(16)11-13-15/h10-13H,1-9H3. The lowest BCUT2D eigenvalue weighted by Gasteiger charge is -2.42. The van der Waals surface area contributed by atoms with Crippen molar-refractivity contribution < 1.29 is 12.3 Å². The molecule has 0 aliphatic rings. The molecule has 0 aliphatic carbocycles. The largest absolute Gasteiger partial charge is 0.505 e. The number of benzene rings is 1. The lowest BCUT2D eigenvalue weighted by Crippen LogP contribution is -2.67. The second-order valence-corrected chi connectivity index (χ2v) is 26.0. The minimum absolute atomic E-state index is 0.714. The molecule has 3 nitrogen and oxygen atoms in total. The van der Waals surface area contributed by atoms with Crippen LogP contribution in [-0.2, 0) is 12.3 Å². The van der Waals surface area contributed by atoms with Gasteiger partial charge in [-0.3, -0.25) is 0 Å². The molecule has 0 amide bonds. The van der Waals surface area contributed by atoms with Crippen molar-refractivity contribution in [3.05, 3.63) is 29.3 Å². The van der Waals surface area contributed by atoms with Crippen LogP contribution in [0.25, 0.3) is 0 Å². The molecule has 8 heteroatoms. The highest BCUT2D eigenvalue weighted by Gasteiger charge is 2.51. The van der Waals surface area contributed by atoms with Crippen molar-refractivity contribution in [2.75, 3.05) is 0 Å². The van der Waals surface area contributed by atoms with Gasteiger partial charge in [-0.2, -0.15) is 0 Å². The summed E-state index contributed by atoms with van der Waals surface area (Å²) in [5.41, 5.74) is 0. The molecule has 1 aromatic rings. The summed E-state index contributed by atoms with van der Waals surface area (Å²) in [6, 6.07) is 7.81. The van der Waals surface area contributed by atoms with Gasteiger partial charge in [-0.1, -0.05) is 23.7 Å². The van der Waals surface area contributed by atoms with Gasteiger partial charge in [0.15, 0.2) is 25.0 Å². The summed E-state index contributed by atoms with van der Waals surface area (Å²) in [4.78, 5) is 0. The van der Waals surface area contributed by atoms with Crippen molar-refractivity contribution in [1.82, 2.24) is 0 Å². The number of hydrogen-bond acceptors (Lipinski definition) is 3. The Kier molecular flexibility index (Phi) is 6.71. The van der Waals surface area contributed by atoms with Crippen LogP contribution in [0.3, 0.4) is 0 Å². The summed E-state index contributed by atoms with van der Waals surface area (Å²) in [6.07, 6.45) is 0. The smallest absolute Gasteiger partial charge is 0.414 e. The van der Waals surface area contributed by atoms with E-state index in [9.17, 15) is 0 Å². The summed E-state index contributed by atoms with van der Waals surface area (Å²) in [5.74, 6) is 0. The van der Waals surface area contributed by atoms with E-state index >= 15 is 0 Å². The molecule has 0 atom stereocenters. The molecule has 0 aromatic heterocycles. The second kappa shape index (κ2) is 7.25. The molecule has 1 aromatic carbocycles. The van der Waals surface area contributed by atoms with Gasteiger partial charge in [0.25, 0.3) is 0 Å². The maximum atomic E-state index is 6.66. The average Bonchev–Trinajstić information content (AvgIpc) is 2.21. The monoisotopic (exact) mass is 406 g/mol. The van der Waals surface area contributed by atoms with E-state index in [1.807, 2.05) is 24.3 Å². The molecule has 0 N–H and O–H groups in total. The van der Waals surface area contributed by atoms with Crippen LogP contribution in [0.2, 0.25) is 63.9 Å². The third kappa shape index (κ3) is 7.78. The Morgan fingerprint density at radius 3 is 1.17 bits per heavy atom. The molecular formula is C15H31ClO3Si4. The molecule has 0 saturated heterocycles. The van der Waals surface area contributed by atoms with E-state index in [0.717, 1.165) is 5.19 Å². The van der Waals surface area contributed by atoms with Crippen molar-refractivity contribution in [2.24, 2.45) is 0 Å². The van der Waals surface area contributed by atoms with Crippen LogP contribution >= 0.6 is 11.6 Å². The zero-order chi connectivity index (χ0) is 18.1. The second-order valence-electron chi connectivity index (χ2n) is 8.71. The van der Waals surface area contributed by atoms with Gasteiger partial charge in [0, 0.05) is 10.2 Å². The van der Waals surface area contributed by atoms with E-state index in [0.29, 0.717) is 5.02 Å². The molecule has 0 heterocycles. The maximum absolute atomic E-state index is 6.66. The van der Waals surface area contributed by atoms with Gasteiger partial charge in [0.2, 0.25) is 0 Å². The van der Waals surface area contributed by atoms with Gasteiger partial charge >= 0.3 is 8.80 Å². The van der Waals surface area contributed by atoms with Gasteiger partial charge in [0.05, 0.1) is 0 Å². The predicted molar refractivity (Wildman–Crippen MR) is 110 cm³/mol. The predicted octanol–water partition coefficient (Wildman–Crippen LogP) is 5.04. The van der Waals surface area contributed by atoms with Gasteiger partial charge < -0.3 is 12.3 Å². The molecule has 1 rings (SSSR count). The Hall–Kier alpha value is 0.258. The van der Waals surface area contributed by atoms with Crippen molar-refractivity contribution in [1.29, 1.82) is 0 Å². The highest BCUT2D eigenvalue weighted by Crippen LogP contribution is 2.26. The molecular weight excluding hydrogens is 376 g/mol. The third-order valence-electron chi connectivity index (χ3n) is 2.52. The molecule has 0 aliphatic heterocycles. The van der Waals surface area contributed by atoms with Crippen molar-refractivity contribution in [2.45, 2.75) is 58.9 Å². The third-order valence-corrected chi connectivity index (χ3v) is 14.4. The minimum atomic E-state index is -2.97. The van der Waals surface area contributed by atoms with Crippen LogP contribution in [0.4, 0.5) is 0 Å². The van der Waals surface area contributed by atoms with Crippen molar-refractivity contribution >= 4 is 50.5 Å². The summed E-state index contributed by atoms with van der Waals surface area (Å²) in [6.45, 7) is 19.7. The number of halogens is 1. The van der Waals surface area contributed by atoms with E-state index in [-0.39, 0.29) is 0 Å². The summed E-state index contributed by atoms with van der Waals surface area (Å²) >= 11 is 6.08. The summed E-state index contributed by atoms with van der Waals surface area (Å²) < 4.78 is 20.0. The Bertz CT molecular complexity index is 475. The minimum Gasteiger partial charge on any atom is -0.414 e. The van der Waals surface area contributed by atoms with Crippen LogP contribution in [-0.4, -0.2) is 33.8 Å². The molecule has 0 radical (unpaired) electrons. The Morgan fingerprint density at radius 2 is 0.913 bits per heavy atom. The summed E-state index contributed by atoms with van der Waals surface area (Å²) in [7, 11) is -8.57. The van der Waals surface area contributed by atoms with Crippen LogP contribution in [0.15, 0.2) is 24.3 Å². The highest BCUT2D eigenvalue weighted by molar-refractivity contribution is 6.95. The molecule has 0 bridgehead atoms. The van der Waals surface area contributed by atoms with Crippen LogP contribution in [0.1, 0.15) is 0 Å². The fourth-order valence-electron chi connectivity index (χ4n) is 2.10. The first-order valence-corrected chi connectivity index (χ1v) is 20.3. The fraction of sp³-hybridized carbons (Fsp3) is 0.600. The normalized spacial score (nSPS) is 14.2. The number of hydrogen-bond donors (Lipinski definition) is 0. The lowest BCUT2D eigenvalue weighted by molar-refractivity contribution is 0.273. The van der Waals surface area contributed by atoms with E-state index in [4.69, 9.17) is 23.9 Å². The van der Waals surface area contributed by atoms with E-state index in [1.54, 1.807) is 0 Å². The SMILES string of the molecule is C[Si](C)(C)O[Si](O[Si](C)(C)C)(O[Si](C)(C)C)c1ccc(Cl)cc1. The van der Waals surface area contributed by atoms with Crippen LogP contribution < -0.4 is 5.19 Å². The first kappa shape index (κ1) is 21.3. The Labute approximate surface area is 151 Å². The van der Waals surface area contributed by atoms with Crippen LogP contribution in [0.5, 0.6) is 0 Å². The number of rotatable bonds is 7. The maximum Gasteiger partial charge on any atom is 0.505 e. The molecule has 0 saturated carbocycles. The molecule has 132 valence electrons. The lowest BCUT2D eigenvalue weighted by atomic mass is 10.4. The average molecular weight is 407 g/mol. The van der Waals surface area contributed by atoms with E-state index < -0.39 is 33.8 Å². The summed E-state index contributed by atoms with van der Waals surface area (Å²) in [5, 5.41) is 1.74. The van der Waals surface area contributed by atoms with Crippen molar-refractivity contribution in [3.63, 3.8) is 0 Å². The molecule has 0 fully saturated rings. The van der Waals surface area contributed by atoms with Crippen LogP contribution in [0, 0.1) is 0 Å². The van der Waals surface area contributed by atoms with Gasteiger partial charge in [0.1, 0.15) is 0 Å². The molecule has 0 spiro atoms. The zero-order valence-corrected chi connectivity index (χ0v) is 20.7. The Morgan fingerprint density at radius 1 is 0.609 bits per heavy atom.